The number of piperidine rings is 1. The van der Waals surface area contributed by atoms with E-state index in [0.717, 1.165) is 13.1 Å². The molecule has 7 heteroatoms. The van der Waals surface area contributed by atoms with Gasteiger partial charge in [0.1, 0.15) is 0 Å². The van der Waals surface area contributed by atoms with Crippen molar-refractivity contribution in [3.8, 4) is 0 Å². The molecule has 1 aromatic rings. The minimum absolute atomic E-state index is 0.0375. The Bertz CT molecular complexity index is 630. The highest BCUT2D eigenvalue weighted by atomic mass is 32.2. The highest BCUT2D eigenvalue weighted by Gasteiger charge is 2.32. The number of fused-ring (bicyclic) bond motifs is 1. The minimum Gasteiger partial charge on any atom is -0.348 e. The van der Waals surface area contributed by atoms with Crippen LogP contribution >= 0.6 is 0 Å². The number of rotatable bonds is 2. The zero-order valence-corrected chi connectivity index (χ0v) is 13.1. The molecule has 2 aliphatic rings. The molecule has 3 heterocycles. The van der Waals surface area contributed by atoms with E-state index in [0.29, 0.717) is 32.5 Å². The van der Waals surface area contributed by atoms with Crippen molar-refractivity contribution in [2.75, 3.05) is 25.9 Å². The van der Waals surface area contributed by atoms with Gasteiger partial charge in [-0.15, -0.1) is 0 Å². The molecule has 0 saturated carbocycles. The van der Waals surface area contributed by atoms with Gasteiger partial charge in [-0.25, -0.2) is 12.7 Å². The average Bonchev–Trinajstić information content (AvgIpc) is 2.93. The predicted octanol–water partition coefficient (Wildman–Crippen LogP) is 0.502. The van der Waals surface area contributed by atoms with Crippen LogP contribution in [0.15, 0.2) is 18.3 Å². The number of sulfonamides is 1. The zero-order valence-electron chi connectivity index (χ0n) is 12.2. The van der Waals surface area contributed by atoms with E-state index in [1.807, 2.05) is 23.2 Å². The molecular weight excluding hydrogens is 290 g/mol. The Hall–Kier alpha value is -1.34. The molecule has 0 bridgehead atoms. The minimum atomic E-state index is -3.13. The molecule has 0 spiro atoms. The van der Waals surface area contributed by atoms with E-state index < -0.39 is 10.0 Å². The molecule has 1 aromatic heterocycles. The standard InChI is InChI=1S/C14H21N3O3S/c1-21(19,20)17-7-4-12(5-8-17)14(18)16-10-9-15-6-2-3-13(15)11-16/h2-3,6,12H,4-5,7-11H2,1H3. The molecule has 6 nitrogen and oxygen atoms in total. The predicted molar refractivity (Wildman–Crippen MR) is 79.0 cm³/mol. The number of carbonyl (C=O) groups excluding carboxylic acids is 1. The lowest BCUT2D eigenvalue weighted by Crippen LogP contribution is -2.46. The van der Waals surface area contributed by atoms with E-state index in [4.69, 9.17) is 0 Å². The number of aromatic nitrogens is 1. The first-order chi connectivity index (χ1) is 9.95. The van der Waals surface area contributed by atoms with E-state index in [2.05, 4.69) is 4.57 Å². The summed E-state index contributed by atoms with van der Waals surface area (Å²) >= 11 is 0. The van der Waals surface area contributed by atoms with E-state index in [-0.39, 0.29) is 11.8 Å². The van der Waals surface area contributed by atoms with Crippen LogP contribution in [0.25, 0.3) is 0 Å². The van der Waals surface area contributed by atoms with E-state index in [1.165, 1.54) is 16.3 Å². The number of hydrogen-bond acceptors (Lipinski definition) is 3. The first-order valence-electron chi connectivity index (χ1n) is 7.33. The second kappa shape index (κ2) is 5.46. The summed E-state index contributed by atoms with van der Waals surface area (Å²) in [5.41, 5.74) is 1.17. The van der Waals surface area contributed by atoms with Gasteiger partial charge in [0.05, 0.1) is 12.8 Å². The Labute approximate surface area is 125 Å². The van der Waals surface area contributed by atoms with Crippen LogP contribution in [0.3, 0.4) is 0 Å². The molecule has 0 unspecified atom stereocenters. The maximum Gasteiger partial charge on any atom is 0.226 e. The van der Waals surface area contributed by atoms with Crippen LogP contribution in [0.4, 0.5) is 0 Å². The summed E-state index contributed by atoms with van der Waals surface area (Å²) < 4.78 is 26.6. The zero-order chi connectivity index (χ0) is 15.0. The Morgan fingerprint density at radius 3 is 2.57 bits per heavy atom. The molecule has 0 aromatic carbocycles. The monoisotopic (exact) mass is 311 g/mol. The second-order valence-electron chi connectivity index (χ2n) is 5.89. The summed E-state index contributed by atoms with van der Waals surface area (Å²) in [5.74, 6) is 0.139. The van der Waals surface area contributed by atoms with Crippen molar-refractivity contribution >= 4 is 15.9 Å². The van der Waals surface area contributed by atoms with Gasteiger partial charge >= 0.3 is 0 Å². The van der Waals surface area contributed by atoms with Crippen molar-refractivity contribution < 1.29 is 13.2 Å². The SMILES string of the molecule is CS(=O)(=O)N1CCC(C(=O)N2CCn3cccc3C2)CC1. The third-order valence-electron chi connectivity index (χ3n) is 4.47. The van der Waals surface area contributed by atoms with Crippen LogP contribution in [-0.2, 0) is 27.9 Å². The smallest absolute Gasteiger partial charge is 0.226 e. The van der Waals surface area contributed by atoms with Crippen molar-refractivity contribution in [1.82, 2.24) is 13.8 Å². The van der Waals surface area contributed by atoms with Crippen molar-refractivity contribution in [3.63, 3.8) is 0 Å². The number of nitrogens with zero attached hydrogens (tertiary/aromatic N) is 3. The number of amides is 1. The van der Waals surface area contributed by atoms with Crippen molar-refractivity contribution in [2.24, 2.45) is 5.92 Å². The quantitative estimate of drug-likeness (QED) is 0.799. The summed E-state index contributed by atoms with van der Waals surface area (Å²) in [7, 11) is -3.13. The first kappa shape index (κ1) is 14.6. The summed E-state index contributed by atoms with van der Waals surface area (Å²) in [5, 5.41) is 0. The molecule has 2 aliphatic heterocycles. The van der Waals surface area contributed by atoms with E-state index in [9.17, 15) is 13.2 Å². The van der Waals surface area contributed by atoms with Gasteiger partial charge in [-0.3, -0.25) is 4.79 Å². The molecule has 1 amide bonds. The van der Waals surface area contributed by atoms with Gasteiger partial charge in [0.2, 0.25) is 15.9 Å². The van der Waals surface area contributed by atoms with Crippen molar-refractivity contribution in [3.05, 3.63) is 24.0 Å². The first-order valence-corrected chi connectivity index (χ1v) is 9.18. The van der Waals surface area contributed by atoms with Crippen LogP contribution in [-0.4, -0.2) is 54.0 Å². The lowest BCUT2D eigenvalue weighted by molar-refractivity contribution is -0.138. The number of hydrogen-bond donors (Lipinski definition) is 0. The highest BCUT2D eigenvalue weighted by Crippen LogP contribution is 2.23. The van der Waals surface area contributed by atoms with Crippen LogP contribution in [0.5, 0.6) is 0 Å². The summed E-state index contributed by atoms with van der Waals surface area (Å²) in [4.78, 5) is 14.5. The normalized spacial score (nSPS) is 21.3. The lowest BCUT2D eigenvalue weighted by atomic mass is 9.96. The van der Waals surface area contributed by atoms with Crippen LogP contribution in [0.2, 0.25) is 0 Å². The molecule has 0 radical (unpaired) electrons. The topological polar surface area (TPSA) is 62.6 Å². The molecule has 116 valence electrons. The molecule has 1 saturated heterocycles. The number of carbonyl (C=O) groups is 1. The van der Waals surface area contributed by atoms with Gasteiger partial charge in [0, 0.05) is 44.0 Å². The second-order valence-corrected chi connectivity index (χ2v) is 7.87. The fraction of sp³-hybridized carbons (Fsp3) is 0.643. The van der Waals surface area contributed by atoms with Gasteiger partial charge in [-0.2, -0.15) is 0 Å². The maximum atomic E-state index is 12.6. The maximum absolute atomic E-state index is 12.6. The largest absolute Gasteiger partial charge is 0.348 e. The van der Waals surface area contributed by atoms with Crippen LogP contribution < -0.4 is 0 Å². The third-order valence-corrected chi connectivity index (χ3v) is 5.77. The molecule has 0 N–H and O–H groups in total. The van der Waals surface area contributed by atoms with E-state index in [1.54, 1.807) is 0 Å². The summed E-state index contributed by atoms with van der Waals surface area (Å²) in [6.07, 6.45) is 4.53. The fourth-order valence-electron chi connectivity index (χ4n) is 3.19. The van der Waals surface area contributed by atoms with Crippen molar-refractivity contribution in [1.29, 1.82) is 0 Å². The molecule has 1 fully saturated rings. The van der Waals surface area contributed by atoms with Gasteiger partial charge in [-0.1, -0.05) is 0 Å². The Morgan fingerprint density at radius 1 is 1.19 bits per heavy atom. The van der Waals surface area contributed by atoms with Crippen molar-refractivity contribution in [2.45, 2.75) is 25.9 Å². The third kappa shape index (κ3) is 2.98. The van der Waals surface area contributed by atoms with Gasteiger partial charge in [0.15, 0.2) is 0 Å². The van der Waals surface area contributed by atoms with Gasteiger partial charge in [-0.05, 0) is 25.0 Å². The average molecular weight is 311 g/mol. The van der Waals surface area contributed by atoms with Gasteiger partial charge < -0.3 is 9.47 Å². The van der Waals surface area contributed by atoms with Crippen LogP contribution in [0.1, 0.15) is 18.5 Å². The van der Waals surface area contributed by atoms with Crippen LogP contribution in [0, 0.1) is 5.92 Å². The highest BCUT2D eigenvalue weighted by molar-refractivity contribution is 7.88. The summed E-state index contributed by atoms with van der Waals surface area (Å²) in [6.45, 7) is 3.17. The van der Waals surface area contributed by atoms with Gasteiger partial charge in [0.25, 0.3) is 0 Å². The molecule has 0 atom stereocenters. The molecule has 3 rings (SSSR count). The molecular formula is C14H21N3O3S. The Kier molecular flexibility index (Phi) is 3.79. The Morgan fingerprint density at radius 2 is 1.90 bits per heavy atom. The Balaban J connectivity index is 1.60. The van der Waals surface area contributed by atoms with E-state index >= 15 is 0 Å². The molecule has 0 aliphatic carbocycles. The lowest BCUT2D eigenvalue weighted by Gasteiger charge is -2.35. The fourth-order valence-corrected chi connectivity index (χ4v) is 4.07. The molecule has 21 heavy (non-hydrogen) atoms. The summed E-state index contributed by atoms with van der Waals surface area (Å²) in [6, 6.07) is 4.06.